The largest absolute Gasteiger partial charge is 0.455 e. The summed E-state index contributed by atoms with van der Waals surface area (Å²) in [7, 11) is 0. The molecule has 13 aromatic rings. The first-order valence-corrected chi connectivity index (χ1v) is 23.6. The Labute approximate surface area is 401 Å². The Morgan fingerprint density at radius 1 is 0.275 bits per heavy atom. The number of para-hydroxylation sites is 5. The SMILES string of the molecule is c1ccc(-c2ccc(-c3ccc(N(c4ccc(-c5cccc(-c6cccc7c6oc6ccccc67)c5)cc4)c4ccc(-c5ccccc5-n5c6ccccc6c6ccccc65)cc4)cc3)cc2)cc1. The van der Waals surface area contributed by atoms with Crippen molar-refractivity contribution in [3.63, 3.8) is 0 Å². The van der Waals surface area contributed by atoms with Crippen molar-refractivity contribution in [2.24, 2.45) is 0 Å². The van der Waals surface area contributed by atoms with E-state index in [0.717, 1.165) is 72.5 Å². The maximum absolute atomic E-state index is 6.44. The summed E-state index contributed by atoms with van der Waals surface area (Å²) in [5.41, 5.74) is 20.2. The summed E-state index contributed by atoms with van der Waals surface area (Å²) in [6.45, 7) is 0. The third kappa shape index (κ3) is 7.16. The fourth-order valence-electron chi connectivity index (χ4n) is 10.3. The van der Waals surface area contributed by atoms with Crippen LogP contribution in [0.25, 0.3) is 105 Å². The van der Waals surface area contributed by atoms with Gasteiger partial charge in [0.2, 0.25) is 0 Å². The van der Waals surface area contributed by atoms with Gasteiger partial charge in [-0.05, 0) is 111 Å². The Morgan fingerprint density at radius 3 is 1.33 bits per heavy atom. The lowest BCUT2D eigenvalue weighted by Gasteiger charge is -2.26. The molecule has 0 spiro atoms. The van der Waals surface area contributed by atoms with Crippen LogP contribution in [-0.4, -0.2) is 4.57 Å². The number of anilines is 3. The number of rotatable bonds is 9. The Kier molecular flexibility index (Phi) is 9.84. The quantitative estimate of drug-likeness (QED) is 0.144. The molecule has 0 radical (unpaired) electrons. The van der Waals surface area contributed by atoms with Gasteiger partial charge in [-0.2, -0.15) is 0 Å². The maximum atomic E-state index is 6.44. The second-order valence-electron chi connectivity index (χ2n) is 17.7. The molecule has 0 amide bonds. The van der Waals surface area contributed by atoms with E-state index in [-0.39, 0.29) is 0 Å². The van der Waals surface area contributed by atoms with Crippen LogP contribution in [0.15, 0.2) is 271 Å². The average Bonchev–Trinajstić information content (AvgIpc) is 3.98. The minimum Gasteiger partial charge on any atom is -0.455 e. The van der Waals surface area contributed by atoms with Crippen LogP contribution >= 0.6 is 0 Å². The highest BCUT2D eigenvalue weighted by Gasteiger charge is 2.18. The van der Waals surface area contributed by atoms with Crippen molar-refractivity contribution >= 4 is 60.8 Å². The lowest BCUT2D eigenvalue weighted by molar-refractivity contribution is 0.670. The molecule has 0 aliphatic carbocycles. The molecule has 0 saturated heterocycles. The number of nitrogens with zero attached hydrogens (tertiary/aromatic N) is 2. The number of fused-ring (bicyclic) bond motifs is 6. The van der Waals surface area contributed by atoms with Gasteiger partial charge in [0.1, 0.15) is 11.2 Å². The highest BCUT2D eigenvalue weighted by molar-refractivity contribution is 6.11. The van der Waals surface area contributed by atoms with Crippen LogP contribution in [0.1, 0.15) is 0 Å². The molecular formula is C66H44N2O. The van der Waals surface area contributed by atoms with Crippen LogP contribution in [-0.2, 0) is 0 Å². The second kappa shape index (κ2) is 16.9. The molecule has 0 saturated carbocycles. The molecule has 11 aromatic carbocycles. The van der Waals surface area contributed by atoms with Gasteiger partial charge in [0, 0.05) is 49.7 Å². The van der Waals surface area contributed by atoms with Crippen LogP contribution in [0.4, 0.5) is 17.1 Å². The van der Waals surface area contributed by atoms with Gasteiger partial charge in [0.05, 0.1) is 16.7 Å². The van der Waals surface area contributed by atoms with E-state index in [0.29, 0.717) is 0 Å². The standard InChI is InChI=1S/C66H44N2O/c1-2-14-45(15-3-1)46-28-30-47(31-29-46)48-32-38-53(39-33-48)67(54-40-34-49(35-41-54)51-16-12-17-52(44-51)57-22-13-23-61-60-21-7-11-27-65(60)69-66(57)61)55-42-36-50(37-43-55)56-18-4-8-24-62(56)68-63-25-9-5-19-58(63)59-20-6-10-26-64(59)68/h1-44H. The molecular weight excluding hydrogens is 837 g/mol. The van der Waals surface area contributed by atoms with Gasteiger partial charge >= 0.3 is 0 Å². The zero-order chi connectivity index (χ0) is 45.7. The Balaban J connectivity index is 0.868. The summed E-state index contributed by atoms with van der Waals surface area (Å²) < 4.78 is 8.85. The zero-order valence-electron chi connectivity index (χ0n) is 37.7. The van der Waals surface area contributed by atoms with E-state index >= 15 is 0 Å². The van der Waals surface area contributed by atoms with Crippen LogP contribution in [0, 0.1) is 0 Å². The van der Waals surface area contributed by atoms with Gasteiger partial charge in [-0.15, -0.1) is 0 Å². The summed E-state index contributed by atoms with van der Waals surface area (Å²) >= 11 is 0. The molecule has 0 aliphatic heterocycles. The fraction of sp³-hybridized carbons (Fsp3) is 0. The van der Waals surface area contributed by atoms with E-state index in [1.807, 2.05) is 12.1 Å². The number of furan rings is 1. The van der Waals surface area contributed by atoms with Gasteiger partial charge < -0.3 is 13.9 Å². The molecule has 0 aliphatic rings. The third-order valence-corrected chi connectivity index (χ3v) is 13.6. The Morgan fingerprint density at radius 2 is 0.696 bits per heavy atom. The third-order valence-electron chi connectivity index (χ3n) is 13.6. The van der Waals surface area contributed by atoms with E-state index < -0.39 is 0 Å². The molecule has 2 heterocycles. The number of hydrogen-bond acceptors (Lipinski definition) is 2. The number of benzene rings is 11. The van der Waals surface area contributed by atoms with Crippen molar-refractivity contribution in [1.82, 2.24) is 4.57 Å². The number of hydrogen-bond donors (Lipinski definition) is 0. The molecule has 3 heteroatoms. The van der Waals surface area contributed by atoms with Crippen molar-refractivity contribution in [2.75, 3.05) is 4.90 Å². The summed E-state index contributed by atoms with van der Waals surface area (Å²) in [5.74, 6) is 0. The smallest absolute Gasteiger partial charge is 0.143 e. The molecule has 2 aromatic heterocycles. The fourth-order valence-corrected chi connectivity index (χ4v) is 10.3. The predicted octanol–water partition coefficient (Wildman–Crippen LogP) is 18.5. The van der Waals surface area contributed by atoms with Gasteiger partial charge in [-0.3, -0.25) is 0 Å². The Hall–Kier alpha value is -9.18. The van der Waals surface area contributed by atoms with Crippen LogP contribution in [0.2, 0.25) is 0 Å². The summed E-state index contributed by atoms with van der Waals surface area (Å²) in [5, 5.41) is 4.77. The first-order chi connectivity index (χ1) is 34.2. The van der Waals surface area contributed by atoms with E-state index in [1.165, 1.54) is 49.6 Å². The van der Waals surface area contributed by atoms with Crippen LogP contribution < -0.4 is 4.90 Å². The van der Waals surface area contributed by atoms with Crippen LogP contribution in [0.5, 0.6) is 0 Å². The molecule has 0 N–H and O–H groups in total. The van der Waals surface area contributed by atoms with Crippen molar-refractivity contribution in [1.29, 1.82) is 0 Å². The van der Waals surface area contributed by atoms with Crippen molar-refractivity contribution in [3.8, 4) is 61.3 Å². The normalized spacial score (nSPS) is 11.5. The second-order valence-corrected chi connectivity index (χ2v) is 17.7. The van der Waals surface area contributed by atoms with Gasteiger partial charge in [0.15, 0.2) is 0 Å². The van der Waals surface area contributed by atoms with Crippen molar-refractivity contribution < 1.29 is 4.42 Å². The molecule has 0 unspecified atom stereocenters. The molecule has 324 valence electrons. The van der Waals surface area contributed by atoms with E-state index in [1.54, 1.807) is 0 Å². The van der Waals surface area contributed by atoms with E-state index in [2.05, 4.69) is 264 Å². The molecule has 69 heavy (non-hydrogen) atoms. The minimum absolute atomic E-state index is 0.905. The molecule has 0 atom stereocenters. The van der Waals surface area contributed by atoms with Crippen molar-refractivity contribution in [2.45, 2.75) is 0 Å². The predicted molar refractivity (Wildman–Crippen MR) is 290 cm³/mol. The Bertz CT molecular complexity index is 3920. The molecule has 3 nitrogen and oxygen atoms in total. The average molecular weight is 881 g/mol. The highest BCUT2D eigenvalue weighted by Crippen LogP contribution is 2.42. The van der Waals surface area contributed by atoms with Gasteiger partial charge in [0.25, 0.3) is 0 Å². The highest BCUT2D eigenvalue weighted by atomic mass is 16.3. The minimum atomic E-state index is 0.905. The lowest BCUT2D eigenvalue weighted by atomic mass is 9.97. The van der Waals surface area contributed by atoms with Crippen molar-refractivity contribution in [3.05, 3.63) is 267 Å². The monoisotopic (exact) mass is 880 g/mol. The van der Waals surface area contributed by atoms with E-state index in [4.69, 9.17) is 4.42 Å². The first kappa shape index (κ1) is 40.1. The summed E-state index contributed by atoms with van der Waals surface area (Å²) in [4.78, 5) is 2.35. The van der Waals surface area contributed by atoms with Crippen LogP contribution in [0.3, 0.4) is 0 Å². The first-order valence-electron chi connectivity index (χ1n) is 23.6. The molecule has 13 rings (SSSR count). The van der Waals surface area contributed by atoms with E-state index in [9.17, 15) is 0 Å². The topological polar surface area (TPSA) is 21.3 Å². The maximum Gasteiger partial charge on any atom is 0.143 e. The molecule has 0 fully saturated rings. The van der Waals surface area contributed by atoms with Gasteiger partial charge in [-0.1, -0.05) is 200 Å². The number of aromatic nitrogens is 1. The summed E-state index contributed by atoms with van der Waals surface area (Å²) in [6.07, 6.45) is 0. The lowest BCUT2D eigenvalue weighted by Crippen LogP contribution is -2.09. The molecule has 0 bridgehead atoms. The summed E-state index contributed by atoms with van der Waals surface area (Å²) in [6, 6.07) is 96.0. The zero-order valence-corrected chi connectivity index (χ0v) is 37.7. The van der Waals surface area contributed by atoms with Gasteiger partial charge in [-0.25, -0.2) is 0 Å².